The molecule has 1 aromatic heterocycles. The summed E-state index contributed by atoms with van der Waals surface area (Å²) < 4.78 is 26.0. The van der Waals surface area contributed by atoms with Crippen molar-refractivity contribution in [3.63, 3.8) is 0 Å². The maximum Gasteiger partial charge on any atom is 0.240 e. The number of aromatic nitrogens is 2. The van der Waals surface area contributed by atoms with Gasteiger partial charge in [-0.05, 0) is 17.7 Å². The lowest BCUT2D eigenvalue weighted by molar-refractivity contribution is -0.121. The van der Waals surface area contributed by atoms with Gasteiger partial charge in [0.25, 0.3) is 0 Å². The summed E-state index contributed by atoms with van der Waals surface area (Å²) in [5, 5.41) is 2.83. The number of carbonyl (C=O) groups is 1. The SMILES string of the molecule is O=C(Cn1cnc2cc3c(cc21)OCCCO3)NCc1ccc(F)cc1. The molecule has 2 heterocycles. The molecule has 4 rings (SSSR count). The fourth-order valence-corrected chi connectivity index (χ4v) is 2.85. The van der Waals surface area contributed by atoms with E-state index in [1.807, 2.05) is 12.1 Å². The first kappa shape index (κ1) is 16.4. The normalized spacial score (nSPS) is 13.4. The Morgan fingerprint density at radius 2 is 1.88 bits per heavy atom. The molecule has 1 amide bonds. The molecule has 0 aliphatic carbocycles. The zero-order chi connectivity index (χ0) is 17.9. The van der Waals surface area contributed by atoms with Gasteiger partial charge in [-0.3, -0.25) is 4.79 Å². The van der Waals surface area contributed by atoms with Crippen molar-refractivity contribution < 1.29 is 18.7 Å². The van der Waals surface area contributed by atoms with Crippen molar-refractivity contribution in [2.75, 3.05) is 13.2 Å². The van der Waals surface area contributed by atoms with Crippen LogP contribution in [0.4, 0.5) is 4.39 Å². The van der Waals surface area contributed by atoms with E-state index in [1.54, 1.807) is 23.0 Å². The molecule has 134 valence electrons. The minimum atomic E-state index is -0.296. The zero-order valence-corrected chi connectivity index (χ0v) is 14.1. The Morgan fingerprint density at radius 3 is 2.65 bits per heavy atom. The largest absolute Gasteiger partial charge is 0.489 e. The minimum Gasteiger partial charge on any atom is -0.489 e. The molecule has 6 nitrogen and oxygen atoms in total. The molecule has 0 spiro atoms. The van der Waals surface area contributed by atoms with Crippen LogP contribution >= 0.6 is 0 Å². The Bertz CT molecular complexity index is 937. The van der Waals surface area contributed by atoms with E-state index in [0.717, 1.165) is 23.0 Å². The quantitative estimate of drug-likeness (QED) is 0.781. The highest BCUT2D eigenvalue weighted by Crippen LogP contribution is 2.33. The molecule has 0 saturated carbocycles. The molecule has 1 N–H and O–H groups in total. The predicted molar refractivity (Wildman–Crippen MR) is 93.6 cm³/mol. The van der Waals surface area contributed by atoms with Gasteiger partial charge in [-0.2, -0.15) is 0 Å². The van der Waals surface area contributed by atoms with Crippen LogP contribution in [0.15, 0.2) is 42.7 Å². The summed E-state index contributed by atoms with van der Waals surface area (Å²) in [6, 6.07) is 9.74. The second-order valence-electron chi connectivity index (χ2n) is 6.11. The third kappa shape index (κ3) is 3.46. The van der Waals surface area contributed by atoms with Crippen molar-refractivity contribution >= 4 is 16.9 Å². The van der Waals surface area contributed by atoms with Gasteiger partial charge < -0.3 is 19.4 Å². The minimum absolute atomic E-state index is 0.136. The number of rotatable bonds is 4. The number of imidazole rings is 1. The van der Waals surface area contributed by atoms with Gasteiger partial charge in [-0.15, -0.1) is 0 Å². The standard InChI is InChI=1S/C19H18FN3O3/c20-14-4-2-13(3-5-14)10-21-19(24)11-23-12-22-15-8-17-18(9-16(15)23)26-7-1-6-25-17/h2-5,8-9,12H,1,6-7,10-11H2,(H,21,24). The molecule has 7 heteroatoms. The molecule has 0 bridgehead atoms. The van der Waals surface area contributed by atoms with Gasteiger partial charge in [0.2, 0.25) is 5.91 Å². The van der Waals surface area contributed by atoms with E-state index in [-0.39, 0.29) is 18.3 Å². The molecule has 1 aliphatic rings. The first-order valence-corrected chi connectivity index (χ1v) is 8.45. The number of hydrogen-bond donors (Lipinski definition) is 1. The van der Waals surface area contributed by atoms with Crippen molar-refractivity contribution in [3.8, 4) is 11.5 Å². The molecule has 0 radical (unpaired) electrons. The van der Waals surface area contributed by atoms with Gasteiger partial charge in [-0.1, -0.05) is 12.1 Å². The average molecular weight is 355 g/mol. The average Bonchev–Trinajstić information content (AvgIpc) is 2.87. The van der Waals surface area contributed by atoms with E-state index in [0.29, 0.717) is 31.3 Å². The second-order valence-corrected chi connectivity index (χ2v) is 6.11. The summed E-state index contributed by atoms with van der Waals surface area (Å²) in [6.45, 7) is 1.70. The van der Waals surface area contributed by atoms with Crippen LogP contribution in [-0.2, 0) is 17.9 Å². The van der Waals surface area contributed by atoms with Gasteiger partial charge >= 0.3 is 0 Å². The van der Waals surface area contributed by atoms with Crippen LogP contribution in [0.2, 0.25) is 0 Å². The van der Waals surface area contributed by atoms with Crippen LogP contribution in [0.5, 0.6) is 11.5 Å². The maximum atomic E-state index is 12.9. The number of ether oxygens (including phenoxy) is 2. The maximum absolute atomic E-state index is 12.9. The molecule has 3 aromatic rings. The topological polar surface area (TPSA) is 65.4 Å². The number of nitrogens with zero attached hydrogens (tertiary/aromatic N) is 2. The highest BCUT2D eigenvalue weighted by Gasteiger charge is 2.15. The van der Waals surface area contributed by atoms with E-state index >= 15 is 0 Å². The Morgan fingerprint density at radius 1 is 1.15 bits per heavy atom. The predicted octanol–water partition coefficient (Wildman–Crippen LogP) is 2.65. The summed E-state index contributed by atoms with van der Waals surface area (Å²) in [5.74, 6) is 0.903. The number of halogens is 1. The van der Waals surface area contributed by atoms with Gasteiger partial charge in [0.15, 0.2) is 11.5 Å². The van der Waals surface area contributed by atoms with Crippen LogP contribution in [0.25, 0.3) is 11.0 Å². The summed E-state index contributed by atoms with van der Waals surface area (Å²) >= 11 is 0. The summed E-state index contributed by atoms with van der Waals surface area (Å²) in [4.78, 5) is 16.6. The lowest BCUT2D eigenvalue weighted by atomic mass is 10.2. The molecule has 0 atom stereocenters. The first-order valence-electron chi connectivity index (χ1n) is 8.45. The lowest BCUT2D eigenvalue weighted by Gasteiger charge is -2.09. The van der Waals surface area contributed by atoms with Gasteiger partial charge in [-0.25, -0.2) is 9.37 Å². The Hall–Kier alpha value is -3.09. The van der Waals surface area contributed by atoms with Crippen LogP contribution in [0, 0.1) is 5.82 Å². The summed E-state index contributed by atoms with van der Waals surface area (Å²) in [5.41, 5.74) is 2.40. The second kappa shape index (κ2) is 7.03. The van der Waals surface area contributed by atoms with Gasteiger partial charge in [0.05, 0.1) is 30.6 Å². The van der Waals surface area contributed by atoms with Gasteiger partial charge in [0.1, 0.15) is 12.4 Å². The molecular weight excluding hydrogens is 337 g/mol. The van der Waals surface area contributed by atoms with Gasteiger partial charge in [0, 0.05) is 25.1 Å². The van der Waals surface area contributed by atoms with E-state index in [9.17, 15) is 9.18 Å². The van der Waals surface area contributed by atoms with Crippen LogP contribution in [0.1, 0.15) is 12.0 Å². The monoisotopic (exact) mass is 355 g/mol. The number of fused-ring (bicyclic) bond motifs is 2. The number of carbonyl (C=O) groups excluding carboxylic acids is 1. The van der Waals surface area contributed by atoms with Crippen molar-refractivity contribution in [3.05, 3.63) is 54.1 Å². The lowest BCUT2D eigenvalue weighted by Crippen LogP contribution is -2.26. The highest BCUT2D eigenvalue weighted by atomic mass is 19.1. The Labute approximate surface area is 149 Å². The number of hydrogen-bond acceptors (Lipinski definition) is 4. The molecule has 1 aliphatic heterocycles. The molecule has 26 heavy (non-hydrogen) atoms. The molecule has 2 aromatic carbocycles. The zero-order valence-electron chi connectivity index (χ0n) is 14.1. The van der Waals surface area contributed by atoms with E-state index in [2.05, 4.69) is 10.3 Å². The summed E-state index contributed by atoms with van der Waals surface area (Å²) in [7, 11) is 0. The van der Waals surface area contributed by atoms with E-state index < -0.39 is 0 Å². The molecule has 0 saturated heterocycles. The first-order chi connectivity index (χ1) is 12.7. The van der Waals surface area contributed by atoms with Crippen molar-refractivity contribution in [1.29, 1.82) is 0 Å². The number of nitrogens with one attached hydrogen (secondary N) is 1. The molecule has 0 fully saturated rings. The van der Waals surface area contributed by atoms with Crippen molar-refractivity contribution in [2.24, 2.45) is 0 Å². The Kier molecular flexibility index (Phi) is 4.43. The molecular formula is C19H18FN3O3. The number of amides is 1. The van der Waals surface area contributed by atoms with Crippen molar-refractivity contribution in [1.82, 2.24) is 14.9 Å². The third-order valence-corrected chi connectivity index (χ3v) is 4.21. The third-order valence-electron chi connectivity index (χ3n) is 4.21. The van der Waals surface area contributed by atoms with Crippen molar-refractivity contribution in [2.45, 2.75) is 19.5 Å². The smallest absolute Gasteiger partial charge is 0.240 e. The van der Waals surface area contributed by atoms with E-state index in [4.69, 9.17) is 9.47 Å². The van der Waals surface area contributed by atoms with Crippen LogP contribution in [-0.4, -0.2) is 28.7 Å². The fraction of sp³-hybridized carbons (Fsp3) is 0.263. The molecule has 0 unspecified atom stereocenters. The number of benzene rings is 2. The van der Waals surface area contributed by atoms with Crippen LogP contribution in [0.3, 0.4) is 0 Å². The van der Waals surface area contributed by atoms with E-state index in [1.165, 1.54) is 12.1 Å². The highest BCUT2D eigenvalue weighted by molar-refractivity contribution is 5.83. The van der Waals surface area contributed by atoms with Crippen LogP contribution < -0.4 is 14.8 Å². The fourth-order valence-electron chi connectivity index (χ4n) is 2.85. The summed E-state index contributed by atoms with van der Waals surface area (Å²) in [6.07, 6.45) is 2.46. The Balaban J connectivity index is 1.47.